The molecule has 10 rings (SSSR count). The summed E-state index contributed by atoms with van der Waals surface area (Å²) in [5.74, 6) is 0. The van der Waals surface area contributed by atoms with Crippen LogP contribution in [0.1, 0.15) is 28.7 Å². The zero-order valence-corrected chi connectivity index (χ0v) is 31.5. The molecule has 0 saturated carbocycles. The number of hydrogen-bond donors (Lipinski definition) is 0. The summed E-state index contributed by atoms with van der Waals surface area (Å²) < 4.78 is 0. The van der Waals surface area contributed by atoms with Crippen LogP contribution in [0.3, 0.4) is 0 Å². The van der Waals surface area contributed by atoms with Crippen LogP contribution < -0.4 is 9.80 Å². The highest BCUT2D eigenvalue weighted by molar-refractivity contribution is 5.93. The summed E-state index contributed by atoms with van der Waals surface area (Å²) in [5.41, 5.74) is 11.5. The Morgan fingerprint density at radius 1 is 0.298 bits per heavy atom. The maximum atomic E-state index is 2.36. The second-order valence-electron chi connectivity index (χ2n) is 14.6. The zero-order valence-electron chi connectivity index (χ0n) is 31.5. The third kappa shape index (κ3) is 7.01. The van der Waals surface area contributed by atoms with Crippen LogP contribution in [-0.4, -0.2) is 0 Å². The minimum absolute atomic E-state index is 0.951. The van der Waals surface area contributed by atoms with E-state index in [2.05, 4.69) is 240 Å². The minimum Gasteiger partial charge on any atom is -0.310 e. The van der Waals surface area contributed by atoms with E-state index in [0.717, 1.165) is 51.7 Å². The van der Waals surface area contributed by atoms with E-state index in [1.165, 1.54) is 43.4 Å². The molecule has 1 aliphatic carbocycles. The van der Waals surface area contributed by atoms with Gasteiger partial charge in [0.05, 0.1) is 0 Å². The molecule has 2 heteroatoms. The van der Waals surface area contributed by atoms with Gasteiger partial charge < -0.3 is 9.80 Å². The Labute approximate surface area is 334 Å². The molecule has 0 aromatic heterocycles. The molecule has 0 unspecified atom stereocenters. The average Bonchev–Trinajstić information content (AvgIpc) is 3.52. The third-order valence-electron chi connectivity index (χ3n) is 10.9. The average molecular weight is 729 g/mol. The predicted molar refractivity (Wildman–Crippen MR) is 246 cm³/mol. The Morgan fingerprint density at radius 3 is 1.09 bits per heavy atom. The van der Waals surface area contributed by atoms with E-state index in [-0.39, 0.29) is 0 Å². The van der Waals surface area contributed by atoms with E-state index in [9.17, 15) is 0 Å². The number of nitrogens with zero attached hydrogens (tertiary/aromatic N) is 2. The summed E-state index contributed by atoms with van der Waals surface area (Å²) in [6, 6.07) is 70.3. The van der Waals surface area contributed by atoms with Crippen LogP contribution in [0.15, 0.2) is 206 Å². The second kappa shape index (κ2) is 15.0. The van der Waals surface area contributed by atoms with Crippen LogP contribution >= 0.6 is 0 Å². The SMILES string of the molecule is C1=Cc2ccc(N(c3ccc(/C=C/c4ccc(N(c5ccc6ccccc6c5)c5ccc6ccccc6c5)cc4)cc3)c3ccc4ccccc4c3)cc2C=CC1. The molecular formula is C55H40N2. The highest BCUT2D eigenvalue weighted by Crippen LogP contribution is 2.39. The first-order valence-corrected chi connectivity index (χ1v) is 19.6. The van der Waals surface area contributed by atoms with Gasteiger partial charge in [0, 0.05) is 34.1 Å². The quantitative estimate of drug-likeness (QED) is 0.144. The summed E-state index contributed by atoms with van der Waals surface area (Å²) in [5, 5.41) is 7.37. The van der Waals surface area contributed by atoms with Crippen molar-refractivity contribution in [3.05, 3.63) is 229 Å². The van der Waals surface area contributed by atoms with E-state index in [0.29, 0.717) is 0 Å². The predicted octanol–water partition coefficient (Wildman–Crippen LogP) is 15.7. The Morgan fingerprint density at radius 2 is 0.649 bits per heavy atom. The maximum absolute atomic E-state index is 2.36. The molecule has 0 amide bonds. The van der Waals surface area contributed by atoms with Gasteiger partial charge in [-0.25, -0.2) is 0 Å². The van der Waals surface area contributed by atoms with Crippen molar-refractivity contribution < 1.29 is 0 Å². The minimum atomic E-state index is 0.951. The smallest absolute Gasteiger partial charge is 0.0468 e. The highest BCUT2D eigenvalue weighted by atomic mass is 15.1. The molecule has 0 saturated heterocycles. The number of benzene rings is 9. The molecule has 0 fully saturated rings. The highest BCUT2D eigenvalue weighted by Gasteiger charge is 2.16. The molecule has 9 aromatic carbocycles. The van der Waals surface area contributed by atoms with Crippen LogP contribution in [-0.2, 0) is 0 Å². The van der Waals surface area contributed by atoms with E-state index in [1.54, 1.807) is 0 Å². The topological polar surface area (TPSA) is 6.48 Å². The molecule has 0 radical (unpaired) electrons. The Hall–Kier alpha value is -7.42. The first kappa shape index (κ1) is 34.1. The second-order valence-corrected chi connectivity index (χ2v) is 14.6. The van der Waals surface area contributed by atoms with Gasteiger partial charge in [-0.3, -0.25) is 0 Å². The maximum Gasteiger partial charge on any atom is 0.0468 e. The van der Waals surface area contributed by atoms with Crippen molar-refractivity contribution in [1.29, 1.82) is 0 Å². The Kier molecular flexibility index (Phi) is 8.98. The molecule has 0 bridgehead atoms. The van der Waals surface area contributed by atoms with Crippen molar-refractivity contribution in [2.24, 2.45) is 0 Å². The Bertz CT molecular complexity index is 2910. The van der Waals surface area contributed by atoms with Gasteiger partial charge in [-0.1, -0.05) is 158 Å². The summed E-state index contributed by atoms with van der Waals surface area (Å²) in [6.07, 6.45) is 14.3. The van der Waals surface area contributed by atoms with E-state index in [1.807, 2.05) is 0 Å². The van der Waals surface area contributed by atoms with Crippen LogP contribution in [0.25, 0.3) is 56.6 Å². The fraction of sp³-hybridized carbons (Fsp3) is 0.0182. The molecule has 270 valence electrons. The standard InChI is InChI=1S/C55H40N2/c1-2-10-42-24-32-52(36-46(42)14-3-1)56(53-33-25-43-11-4-7-15-47(43)37-53)50-28-20-40(21-29-50)18-19-41-22-30-51(31-23-41)57(54-34-26-44-12-5-8-16-48(44)38-54)55-35-27-45-13-6-9-17-49(45)39-55/h2-39H,1H2/b19-18+. The number of anilines is 6. The number of hydrogen-bond acceptors (Lipinski definition) is 2. The van der Waals surface area contributed by atoms with Crippen molar-refractivity contribution in [2.45, 2.75) is 6.42 Å². The monoisotopic (exact) mass is 728 g/mol. The first-order valence-electron chi connectivity index (χ1n) is 19.6. The van der Waals surface area contributed by atoms with Crippen molar-refractivity contribution in [1.82, 2.24) is 0 Å². The van der Waals surface area contributed by atoms with Crippen molar-refractivity contribution in [3.63, 3.8) is 0 Å². The lowest BCUT2D eigenvalue weighted by Crippen LogP contribution is -2.10. The fourth-order valence-corrected chi connectivity index (χ4v) is 7.97. The first-order chi connectivity index (χ1) is 28.2. The number of rotatable bonds is 8. The summed E-state index contributed by atoms with van der Waals surface area (Å²) in [6.45, 7) is 0. The Balaban J connectivity index is 0.951. The van der Waals surface area contributed by atoms with Crippen molar-refractivity contribution in [2.75, 3.05) is 9.80 Å². The van der Waals surface area contributed by atoms with Gasteiger partial charge >= 0.3 is 0 Å². The molecule has 2 nitrogen and oxygen atoms in total. The van der Waals surface area contributed by atoms with Gasteiger partial charge in [-0.05, 0) is 134 Å². The lowest BCUT2D eigenvalue weighted by atomic mass is 10.0. The van der Waals surface area contributed by atoms with Gasteiger partial charge in [-0.2, -0.15) is 0 Å². The van der Waals surface area contributed by atoms with Gasteiger partial charge in [0.15, 0.2) is 0 Å². The lowest BCUT2D eigenvalue weighted by Gasteiger charge is -2.26. The van der Waals surface area contributed by atoms with Gasteiger partial charge in [0.25, 0.3) is 0 Å². The molecule has 57 heavy (non-hydrogen) atoms. The molecule has 0 atom stereocenters. The number of fused-ring (bicyclic) bond motifs is 4. The van der Waals surface area contributed by atoms with Crippen LogP contribution in [0.5, 0.6) is 0 Å². The van der Waals surface area contributed by atoms with E-state index in [4.69, 9.17) is 0 Å². The van der Waals surface area contributed by atoms with Gasteiger partial charge in [0.1, 0.15) is 0 Å². The molecule has 0 heterocycles. The van der Waals surface area contributed by atoms with Crippen LogP contribution in [0.4, 0.5) is 34.1 Å². The molecule has 1 aliphatic rings. The van der Waals surface area contributed by atoms with Gasteiger partial charge in [-0.15, -0.1) is 0 Å². The molecule has 0 N–H and O–H groups in total. The van der Waals surface area contributed by atoms with Crippen molar-refractivity contribution in [3.8, 4) is 0 Å². The lowest BCUT2D eigenvalue weighted by molar-refractivity contribution is 1.28. The van der Waals surface area contributed by atoms with E-state index >= 15 is 0 Å². The van der Waals surface area contributed by atoms with Gasteiger partial charge in [0.2, 0.25) is 0 Å². The molecule has 9 aromatic rings. The van der Waals surface area contributed by atoms with E-state index < -0.39 is 0 Å². The summed E-state index contributed by atoms with van der Waals surface area (Å²) in [7, 11) is 0. The normalized spacial score (nSPS) is 12.3. The van der Waals surface area contributed by atoms with Crippen LogP contribution in [0.2, 0.25) is 0 Å². The number of allylic oxidation sites excluding steroid dienone is 2. The molecule has 0 spiro atoms. The zero-order chi connectivity index (χ0) is 38.0. The summed E-state index contributed by atoms with van der Waals surface area (Å²) >= 11 is 0. The molecule has 0 aliphatic heterocycles. The largest absolute Gasteiger partial charge is 0.310 e. The molecular weight excluding hydrogens is 689 g/mol. The fourth-order valence-electron chi connectivity index (χ4n) is 7.97. The third-order valence-corrected chi connectivity index (χ3v) is 10.9. The van der Waals surface area contributed by atoms with Crippen LogP contribution in [0, 0.1) is 0 Å². The van der Waals surface area contributed by atoms with Crippen molar-refractivity contribution >= 4 is 90.7 Å². The summed E-state index contributed by atoms with van der Waals surface area (Å²) in [4.78, 5) is 4.71.